The van der Waals surface area contributed by atoms with Crippen LogP contribution < -0.4 is 0 Å². The standard InChI is InChI=1S/C27H33N3O4/c1-26(2)15-8-16-27(3,4)30(26)34-24(18-31)25(19-11-13-20(14-12-19)29(32)33)22-17-28(5)23-10-7-6-9-21(22)23/h6-7,9-14,17-18,24-25H,8,15-16H2,1-5H3/t24-,25+/m1/s1. The Bertz CT molecular complexity index is 1180. The topological polar surface area (TPSA) is 77.6 Å². The van der Waals surface area contributed by atoms with E-state index in [4.69, 9.17) is 4.84 Å². The third kappa shape index (κ3) is 4.38. The van der Waals surface area contributed by atoms with Gasteiger partial charge in [0.25, 0.3) is 5.69 Å². The molecule has 1 aliphatic heterocycles. The summed E-state index contributed by atoms with van der Waals surface area (Å²) in [5.41, 5.74) is 2.35. The highest BCUT2D eigenvalue weighted by Gasteiger charge is 2.45. The first kappa shape index (κ1) is 24.1. The molecule has 1 fully saturated rings. The molecule has 7 heteroatoms. The summed E-state index contributed by atoms with van der Waals surface area (Å²) >= 11 is 0. The van der Waals surface area contributed by atoms with E-state index in [9.17, 15) is 14.9 Å². The van der Waals surface area contributed by atoms with Gasteiger partial charge < -0.3 is 9.36 Å². The van der Waals surface area contributed by atoms with Crippen molar-refractivity contribution in [1.29, 1.82) is 0 Å². The van der Waals surface area contributed by atoms with E-state index in [1.54, 1.807) is 12.1 Å². The van der Waals surface area contributed by atoms with Crippen molar-refractivity contribution < 1.29 is 14.6 Å². The van der Waals surface area contributed by atoms with Crippen molar-refractivity contribution >= 4 is 22.9 Å². The Kier molecular flexibility index (Phi) is 6.36. The first-order valence-corrected chi connectivity index (χ1v) is 11.8. The number of aromatic nitrogens is 1. The molecule has 7 nitrogen and oxygen atoms in total. The van der Waals surface area contributed by atoms with E-state index in [0.717, 1.165) is 47.6 Å². The summed E-state index contributed by atoms with van der Waals surface area (Å²) in [6, 6.07) is 14.5. The normalized spacial score (nSPS) is 19.6. The monoisotopic (exact) mass is 463 g/mol. The summed E-state index contributed by atoms with van der Waals surface area (Å²) in [4.78, 5) is 30.1. The summed E-state index contributed by atoms with van der Waals surface area (Å²) in [5.74, 6) is -0.432. The molecule has 0 amide bonds. The van der Waals surface area contributed by atoms with Crippen molar-refractivity contribution in [2.45, 2.75) is 70.1 Å². The molecule has 0 N–H and O–H groups in total. The Labute approximate surface area is 200 Å². The molecule has 0 unspecified atom stereocenters. The first-order valence-electron chi connectivity index (χ1n) is 11.8. The van der Waals surface area contributed by atoms with Gasteiger partial charge in [-0.05, 0) is 64.2 Å². The minimum atomic E-state index is -0.802. The lowest BCUT2D eigenvalue weighted by molar-refractivity contribution is -0.384. The number of fused-ring (bicyclic) bond motifs is 1. The van der Waals surface area contributed by atoms with Crippen molar-refractivity contribution in [2.24, 2.45) is 7.05 Å². The predicted octanol–water partition coefficient (Wildman–Crippen LogP) is 5.76. The number of nitro benzene ring substituents is 1. The molecule has 3 aromatic rings. The molecule has 0 aliphatic carbocycles. The number of piperidine rings is 1. The number of hydroxylamine groups is 2. The minimum Gasteiger partial charge on any atom is -0.350 e. The number of para-hydroxylation sites is 1. The lowest BCUT2D eigenvalue weighted by Gasteiger charge is -2.52. The van der Waals surface area contributed by atoms with Crippen molar-refractivity contribution in [1.82, 2.24) is 9.63 Å². The fourth-order valence-corrected chi connectivity index (χ4v) is 5.52. The van der Waals surface area contributed by atoms with Crippen LogP contribution >= 0.6 is 0 Å². The Morgan fingerprint density at radius 1 is 1.03 bits per heavy atom. The Morgan fingerprint density at radius 2 is 1.65 bits per heavy atom. The quantitative estimate of drug-likeness (QED) is 0.253. The molecule has 180 valence electrons. The number of carbonyl (C=O) groups excluding carboxylic acids is 1. The van der Waals surface area contributed by atoms with E-state index in [2.05, 4.69) is 27.7 Å². The highest BCUT2D eigenvalue weighted by Crippen LogP contribution is 2.42. The second-order valence-electron chi connectivity index (χ2n) is 10.5. The molecule has 0 bridgehead atoms. The zero-order valence-corrected chi connectivity index (χ0v) is 20.5. The van der Waals surface area contributed by atoms with Crippen LogP contribution in [0.4, 0.5) is 5.69 Å². The number of benzene rings is 2. The fraction of sp³-hybridized carbons (Fsp3) is 0.444. The van der Waals surface area contributed by atoms with Crippen LogP contribution in [0.25, 0.3) is 10.9 Å². The molecule has 4 rings (SSSR count). The number of nitro groups is 1. The number of carbonyl (C=O) groups is 1. The van der Waals surface area contributed by atoms with Crippen molar-refractivity contribution in [3.63, 3.8) is 0 Å². The maximum absolute atomic E-state index is 12.6. The number of rotatable bonds is 7. The van der Waals surface area contributed by atoms with Gasteiger partial charge in [0.1, 0.15) is 6.10 Å². The molecule has 34 heavy (non-hydrogen) atoms. The molecular weight excluding hydrogens is 430 g/mol. The fourth-order valence-electron chi connectivity index (χ4n) is 5.52. The number of hydrogen-bond acceptors (Lipinski definition) is 5. The molecular formula is C27H33N3O4. The molecule has 2 heterocycles. The van der Waals surface area contributed by atoms with E-state index < -0.39 is 16.9 Å². The lowest BCUT2D eigenvalue weighted by Crippen LogP contribution is -2.59. The van der Waals surface area contributed by atoms with Crippen molar-refractivity contribution in [3.05, 3.63) is 76.0 Å². The average Bonchev–Trinajstić information content (AvgIpc) is 3.11. The number of nitrogens with zero attached hydrogens (tertiary/aromatic N) is 3. The van der Waals surface area contributed by atoms with Gasteiger partial charge in [0, 0.05) is 53.3 Å². The van der Waals surface area contributed by atoms with Crippen LogP contribution in [-0.4, -0.2) is 38.0 Å². The maximum Gasteiger partial charge on any atom is 0.269 e. The van der Waals surface area contributed by atoms with Crippen LogP contribution in [0.1, 0.15) is 64.0 Å². The Hall–Kier alpha value is -3.03. The second kappa shape index (κ2) is 8.96. The maximum atomic E-state index is 12.6. The zero-order chi connectivity index (χ0) is 24.7. The van der Waals surface area contributed by atoms with Crippen molar-refractivity contribution in [2.75, 3.05) is 0 Å². The van der Waals surface area contributed by atoms with Crippen LogP contribution in [-0.2, 0) is 16.7 Å². The van der Waals surface area contributed by atoms with Gasteiger partial charge in [0.2, 0.25) is 0 Å². The van der Waals surface area contributed by atoms with E-state index in [1.807, 2.05) is 47.1 Å². The third-order valence-electron chi connectivity index (χ3n) is 7.09. The highest BCUT2D eigenvalue weighted by molar-refractivity contribution is 5.85. The first-order chi connectivity index (χ1) is 16.0. The van der Waals surface area contributed by atoms with E-state index in [-0.39, 0.29) is 16.8 Å². The van der Waals surface area contributed by atoms with Crippen LogP contribution in [0.15, 0.2) is 54.7 Å². The lowest BCUT2D eigenvalue weighted by atomic mass is 9.82. The molecule has 1 aliphatic rings. The number of non-ortho nitro benzene ring substituents is 1. The number of hydrogen-bond donors (Lipinski definition) is 0. The Morgan fingerprint density at radius 3 is 2.24 bits per heavy atom. The molecule has 1 saturated heterocycles. The number of aryl methyl sites for hydroxylation is 1. The smallest absolute Gasteiger partial charge is 0.269 e. The summed E-state index contributed by atoms with van der Waals surface area (Å²) in [7, 11) is 1.98. The molecule has 0 saturated carbocycles. The molecule has 1 aromatic heterocycles. The second-order valence-corrected chi connectivity index (χ2v) is 10.5. The van der Waals surface area contributed by atoms with Gasteiger partial charge in [0.15, 0.2) is 6.29 Å². The predicted molar refractivity (Wildman–Crippen MR) is 133 cm³/mol. The Balaban J connectivity index is 1.84. The van der Waals surface area contributed by atoms with Crippen LogP contribution in [0, 0.1) is 10.1 Å². The van der Waals surface area contributed by atoms with E-state index >= 15 is 0 Å². The summed E-state index contributed by atoms with van der Waals surface area (Å²) in [6.07, 6.45) is 5.14. The van der Waals surface area contributed by atoms with Gasteiger partial charge in [0.05, 0.1) is 4.92 Å². The van der Waals surface area contributed by atoms with Crippen LogP contribution in [0.5, 0.6) is 0 Å². The third-order valence-corrected chi connectivity index (χ3v) is 7.09. The summed E-state index contributed by atoms with van der Waals surface area (Å²) in [5, 5.41) is 14.3. The van der Waals surface area contributed by atoms with Gasteiger partial charge in [-0.3, -0.25) is 15.0 Å². The van der Waals surface area contributed by atoms with E-state index in [1.165, 1.54) is 12.1 Å². The van der Waals surface area contributed by atoms with Crippen LogP contribution in [0.2, 0.25) is 0 Å². The molecule has 2 atom stereocenters. The minimum absolute atomic E-state index is 0.0160. The summed E-state index contributed by atoms with van der Waals surface area (Å²) in [6.45, 7) is 8.59. The van der Waals surface area contributed by atoms with Gasteiger partial charge in [-0.15, -0.1) is 0 Å². The molecule has 2 aromatic carbocycles. The molecule has 0 radical (unpaired) electrons. The van der Waals surface area contributed by atoms with Crippen molar-refractivity contribution in [3.8, 4) is 0 Å². The molecule has 0 spiro atoms. The number of aldehydes is 1. The average molecular weight is 464 g/mol. The van der Waals surface area contributed by atoms with Crippen LogP contribution in [0.3, 0.4) is 0 Å². The highest BCUT2D eigenvalue weighted by atomic mass is 16.7. The van der Waals surface area contributed by atoms with Gasteiger partial charge in [-0.1, -0.05) is 30.3 Å². The van der Waals surface area contributed by atoms with Gasteiger partial charge in [-0.2, -0.15) is 5.06 Å². The SMILES string of the molecule is Cn1cc([C@H](c2ccc([N+](=O)[O-])cc2)[C@@H](C=O)ON2C(C)(C)CCCC2(C)C)c2ccccc21. The van der Waals surface area contributed by atoms with E-state index in [0.29, 0.717) is 0 Å². The zero-order valence-electron chi connectivity index (χ0n) is 20.5. The summed E-state index contributed by atoms with van der Waals surface area (Å²) < 4.78 is 2.04. The van der Waals surface area contributed by atoms with Gasteiger partial charge >= 0.3 is 0 Å². The van der Waals surface area contributed by atoms with Gasteiger partial charge in [-0.25, -0.2) is 0 Å². The largest absolute Gasteiger partial charge is 0.350 e.